The number of unbranched alkanes of at least 4 members (excludes halogenated alkanes) is 1. The van der Waals surface area contributed by atoms with E-state index >= 15 is 0 Å². The van der Waals surface area contributed by atoms with Crippen LogP contribution >= 0.6 is 0 Å². The highest BCUT2D eigenvalue weighted by Gasteiger charge is 2.10. The van der Waals surface area contributed by atoms with Crippen LogP contribution < -0.4 is 5.73 Å². The Labute approximate surface area is 96.1 Å². The first-order valence-corrected chi connectivity index (χ1v) is 6.36. The van der Waals surface area contributed by atoms with Gasteiger partial charge in [0.15, 0.2) is 0 Å². The first-order valence-electron chi connectivity index (χ1n) is 6.36. The fourth-order valence-corrected chi connectivity index (χ4v) is 1.80. The minimum Gasteiger partial charge on any atom is -0.326 e. The first kappa shape index (κ1) is 14.7. The van der Waals surface area contributed by atoms with Crippen LogP contribution in [0.15, 0.2) is 12.2 Å². The Morgan fingerprint density at radius 2 is 1.80 bits per heavy atom. The summed E-state index contributed by atoms with van der Waals surface area (Å²) >= 11 is 0. The Bertz CT molecular complexity index is 165. The molecule has 90 valence electrons. The largest absolute Gasteiger partial charge is 0.326 e. The molecule has 0 spiro atoms. The van der Waals surface area contributed by atoms with E-state index in [-0.39, 0.29) is 5.54 Å². The van der Waals surface area contributed by atoms with Crippen molar-refractivity contribution in [3.8, 4) is 0 Å². The maximum atomic E-state index is 5.95. The van der Waals surface area contributed by atoms with Gasteiger partial charge in [-0.1, -0.05) is 38.3 Å². The Kier molecular flexibility index (Phi) is 7.76. The summed E-state index contributed by atoms with van der Waals surface area (Å²) in [6.07, 6.45) is 12.1. The van der Waals surface area contributed by atoms with Gasteiger partial charge in [0.25, 0.3) is 0 Å². The zero-order valence-electron chi connectivity index (χ0n) is 11.1. The van der Waals surface area contributed by atoms with Crippen molar-refractivity contribution in [2.75, 3.05) is 0 Å². The van der Waals surface area contributed by atoms with E-state index in [1.54, 1.807) is 0 Å². The van der Waals surface area contributed by atoms with Crippen molar-refractivity contribution >= 4 is 0 Å². The van der Waals surface area contributed by atoms with Crippen LogP contribution in [0.2, 0.25) is 0 Å². The van der Waals surface area contributed by atoms with Crippen molar-refractivity contribution in [1.82, 2.24) is 0 Å². The predicted octanol–water partition coefficient (Wildman–Crippen LogP) is 4.28. The highest BCUT2D eigenvalue weighted by molar-refractivity contribution is 4.77. The third kappa shape index (κ3) is 11.6. The molecule has 0 aromatic rings. The van der Waals surface area contributed by atoms with Gasteiger partial charge >= 0.3 is 0 Å². The fourth-order valence-electron chi connectivity index (χ4n) is 1.80. The van der Waals surface area contributed by atoms with Gasteiger partial charge in [0.2, 0.25) is 0 Å². The molecule has 0 aliphatic carbocycles. The van der Waals surface area contributed by atoms with Gasteiger partial charge in [0, 0.05) is 5.54 Å². The lowest BCUT2D eigenvalue weighted by atomic mass is 9.93. The molecule has 0 fully saturated rings. The van der Waals surface area contributed by atoms with Crippen molar-refractivity contribution in [2.24, 2.45) is 11.7 Å². The van der Waals surface area contributed by atoms with Gasteiger partial charge in [0.05, 0.1) is 0 Å². The van der Waals surface area contributed by atoms with E-state index in [9.17, 15) is 0 Å². The summed E-state index contributed by atoms with van der Waals surface area (Å²) in [6.45, 7) is 8.68. The smallest absolute Gasteiger partial charge is 0.00970 e. The SMILES string of the molecule is C/C=C/CCC[C@@H](C)CCCC(C)(C)N. The van der Waals surface area contributed by atoms with Gasteiger partial charge in [-0.15, -0.1) is 0 Å². The lowest BCUT2D eigenvalue weighted by molar-refractivity contribution is 0.397. The van der Waals surface area contributed by atoms with Gasteiger partial charge in [-0.3, -0.25) is 0 Å². The summed E-state index contributed by atoms with van der Waals surface area (Å²) in [4.78, 5) is 0. The predicted molar refractivity (Wildman–Crippen MR) is 69.9 cm³/mol. The minimum atomic E-state index is 0.0185. The van der Waals surface area contributed by atoms with Gasteiger partial charge in [0.1, 0.15) is 0 Å². The molecule has 0 amide bonds. The number of hydrogen-bond donors (Lipinski definition) is 1. The van der Waals surface area contributed by atoms with Crippen LogP contribution in [0.5, 0.6) is 0 Å². The molecule has 1 heteroatoms. The molecule has 0 heterocycles. The van der Waals surface area contributed by atoms with Gasteiger partial charge in [-0.2, -0.15) is 0 Å². The summed E-state index contributed by atoms with van der Waals surface area (Å²) in [6, 6.07) is 0. The molecule has 0 saturated heterocycles. The standard InChI is InChI=1S/C14H29N/c1-5-6-7-8-10-13(2)11-9-12-14(3,4)15/h5-6,13H,7-12,15H2,1-4H3/b6-5+/t13-/m1/s1. The van der Waals surface area contributed by atoms with E-state index in [1.807, 2.05) is 0 Å². The fraction of sp³-hybridized carbons (Fsp3) is 0.857. The van der Waals surface area contributed by atoms with E-state index in [0.29, 0.717) is 0 Å². The Morgan fingerprint density at radius 1 is 1.20 bits per heavy atom. The third-order valence-electron chi connectivity index (χ3n) is 2.82. The van der Waals surface area contributed by atoms with Crippen molar-refractivity contribution in [3.63, 3.8) is 0 Å². The molecule has 0 saturated carbocycles. The summed E-state index contributed by atoms with van der Waals surface area (Å²) in [5.74, 6) is 0.859. The lowest BCUT2D eigenvalue weighted by Crippen LogP contribution is -2.31. The van der Waals surface area contributed by atoms with Crippen molar-refractivity contribution < 1.29 is 0 Å². The maximum absolute atomic E-state index is 5.95. The van der Waals surface area contributed by atoms with Crippen LogP contribution in [0.4, 0.5) is 0 Å². The number of nitrogens with two attached hydrogens (primary N) is 1. The van der Waals surface area contributed by atoms with E-state index < -0.39 is 0 Å². The number of allylic oxidation sites excluding steroid dienone is 2. The molecular formula is C14H29N. The molecule has 2 N–H and O–H groups in total. The van der Waals surface area contributed by atoms with Crippen LogP contribution in [0.3, 0.4) is 0 Å². The number of hydrogen-bond acceptors (Lipinski definition) is 1. The molecule has 0 aliphatic heterocycles. The van der Waals surface area contributed by atoms with Gasteiger partial charge < -0.3 is 5.73 Å². The molecule has 15 heavy (non-hydrogen) atoms. The summed E-state index contributed by atoms with van der Waals surface area (Å²) in [5.41, 5.74) is 5.97. The third-order valence-corrected chi connectivity index (χ3v) is 2.82. The van der Waals surface area contributed by atoms with Crippen molar-refractivity contribution in [1.29, 1.82) is 0 Å². The monoisotopic (exact) mass is 211 g/mol. The van der Waals surface area contributed by atoms with Crippen molar-refractivity contribution in [3.05, 3.63) is 12.2 Å². The van der Waals surface area contributed by atoms with E-state index in [4.69, 9.17) is 5.73 Å². The van der Waals surface area contributed by atoms with Crippen molar-refractivity contribution in [2.45, 2.75) is 71.8 Å². The number of rotatable bonds is 8. The zero-order valence-corrected chi connectivity index (χ0v) is 11.1. The highest BCUT2D eigenvalue weighted by atomic mass is 14.7. The van der Waals surface area contributed by atoms with Crippen LogP contribution in [0, 0.1) is 5.92 Å². The molecular weight excluding hydrogens is 182 g/mol. The average Bonchev–Trinajstić information content (AvgIpc) is 2.10. The quantitative estimate of drug-likeness (QED) is 0.471. The second kappa shape index (κ2) is 7.92. The second-order valence-electron chi connectivity index (χ2n) is 5.49. The van der Waals surface area contributed by atoms with Crippen LogP contribution in [-0.2, 0) is 0 Å². The molecule has 0 bridgehead atoms. The average molecular weight is 211 g/mol. The van der Waals surface area contributed by atoms with Crippen LogP contribution in [0.1, 0.15) is 66.2 Å². The topological polar surface area (TPSA) is 26.0 Å². The molecule has 0 radical (unpaired) electrons. The molecule has 0 aliphatic rings. The molecule has 0 aromatic heterocycles. The van der Waals surface area contributed by atoms with Crippen LogP contribution in [-0.4, -0.2) is 5.54 Å². The Morgan fingerprint density at radius 3 is 2.33 bits per heavy atom. The maximum Gasteiger partial charge on any atom is 0.00970 e. The molecule has 1 nitrogen and oxygen atoms in total. The summed E-state index contributed by atoms with van der Waals surface area (Å²) in [5, 5.41) is 0. The van der Waals surface area contributed by atoms with E-state index in [1.165, 1.54) is 32.1 Å². The van der Waals surface area contributed by atoms with E-state index in [0.717, 1.165) is 12.3 Å². The molecule has 0 aromatic carbocycles. The van der Waals surface area contributed by atoms with Crippen LogP contribution in [0.25, 0.3) is 0 Å². The zero-order chi connectivity index (χ0) is 11.7. The normalized spacial score (nSPS) is 14.7. The van der Waals surface area contributed by atoms with Gasteiger partial charge in [-0.25, -0.2) is 0 Å². The van der Waals surface area contributed by atoms with E-state index in [2.05, 4.69) is 39.8 Å². The molecule has 1 atom stereocenters. The summed E-state index contributed by atoms with van der Waals surface area (Å²) < 4.78 is 0. The highest BCUT2D eigenvalue weighted by Crippen LogP contribution is 2.18. The second-order valence-corrected chi connectivity index (χ2v) is 5.49. The van der Waals surface area contributed by atoms with Gasteiger partial charge in [-0.05, 0) is 46.0 Å². The molecule has 0 rings (SSSR count). The Hall–Kier alpha value is -0.300. The molecule has 0 unspecified atom stereocenters. The summed E-state index contributed by atoms with van der Waals surface area (Å²) in [7, 11) is 0. The first-order chi connectivity index (χ1) is 6.95. The Balaban J connectivity index is 3.37. The lowest BCUT2D eigenvalue weighted by Gasteiger charge is -2.19. The minimum absolute atomic E-state index is 0.0185.